The lowest BCUT2D eigenvalue weighted by Crippen LogP contribution is -2.62. The second-order valence-electron chi connectivity index (χ2n) is 8.17. The van der Waals surface area contributed by atoms with Gasteiger partial charge in [0.2, 0.25) is 5.91 Å². The van der Waals surface area contributed by atoms with Crippen molar-refractivity contribution in [2.45, 2.75) is 56.1 Å². The van der Waals surface area contributed by atoms with Gasteiger partial charge in [0.15, 0.2) is 0 Å². The van der Waals surface area contributed by atoms with E-state index in [1.54, 1.807) is 7.11 Å². The highest BCUT2D eigenvalue weighted by Gasteiger charge is 2.55. The van der Waals surface area contributed by atoms with Gasteiger partial charge in [0.05, 0.1) is 24.2 Å². The number of benzene rings is 1. The minimum Gasteiger partial charge on any atom is -0.383 e. The van der Waals surface area contributed by atoms with Crippen molar-refractivity contribution < 1.29 is 19.1 Å². The highest BCUT2D eigenvalue weighted by atomic mass is 16.5. The van der Waals surface area contributed by atoms with Crippen LogP contribution in [0.1, 0.15) is 60.4 Å². The first kappa shape index (κ1) is 19.4. The lowest BCUT2D eigenvalue weighted by atomic mass is 9.71. The van der Waals surface area contributed by atoms with Crippen LogP contribution in [0.5, 0.6) is 0 Å². The Bertz CT molecular complexity index is 723. The molecule has 1 aromatic carbocycles. The number of fused-ring (bicyclic) bond motifs is 1. The number of nitrogens with zero attached hydrogens (tertiary/aromatic N) is 1. The summed E-state index contributed by atoms with van der Waals surface area (Å²) < 4.78 is 11.0. The molecule has 2 aliphatic heterocycles. The van der Waals surface area contributed by atoms with Crippen molar-refractivity contribution in [2.24, 2.45) is 0 Å². The van der Waals surface area contributed by atoms with Gasteiger partial charge in [0.25, 0.3) is 5.91 Å². The number of ether oxygens (including phenoxy) is 2. The number of amides is 2. The van der Waals surface area contributed by atoms with Gasteiger partial charge in [-0.2, -0.15) is 0 Å². The summed E-state index contributed by atoms with van der Waals surface area (Å²) in [7, 11) is 1.63. The number of hydrogen-bond donors (Lipinski definition) is 1. The Morgan fingerprint density at radius 2 is 2.07 bits per heavy atom. The van der Waals surface area contributed by atoms with E-state index in [1.165, 1.54) is 0 Å². The molecule has 0 radical (unpaired) electrons. The van der Waals surface area contributed by atoms with E-state index in [1.807, 2.05) is 29.2 Å². The van der Waals surface area contributed by atoms with Gasteiger partial charge in [-0.05, 0) is 37.3 Å². The van der Waals surface area contributed by atoms with Crippen molar-refractivity contribution in [1.82, 2.24) is 10.2 Å². The number of carbonyl (C=O) groups excluding carboxylic acids is 2. The van der Waals surface area contributed by atoms with Gasteiger partial charge >= 0.3 is 0 Å². The molecule has 6 heteroatoms. The molecule has 4 rings (SSSR count). The van der Waals surface area contributed by atoms with Crippen molar-refractivity contribution in [3.8, 4) is 0 Å². The Labute approximate surface area is 166 Å². The third-order valence-corrected chi connectivity index (χ3v) is 6.57. The second kappa shape index (κ2) is 8.21. The van der Waals surface area contributed by atoms with Gasteiger partial charge in [-0.25, -0.2) is 0 Å². The maximum Gasteiger partial charge on any atom is 0.254 e. The second-order valence-corrected chi connectivity index (χ2v) is 8.17. The van der Waals surface area contributed by atoms with Crippen molar-refractivity contribution in [3.05, 3.63) is 35.4 Å². The van der Waals surface area contributed by atoms with Crippen LogP contribution in [0.3, 0.4) is 0 Å². The Kier molecular flexibility index (Phi) is 5.69. The van der Waals surface area contributed by atoms with Crippen molar-refractivity contribution in [2.75, 3.05) is 33.4 Å². The molecule has 1 N–H and O–H groups in total. The standard InChI is InChI=1S/C22H30N2O4/c1-27-14-12-23-20(25)19-17-8-2-3-9-18(17)21(26)24(15-16-7-6-13-28-16)22(19)10-4-5-11-22/h2-3,8-9,16,19H,4-7,10-15H2,1H3,(H,23,25)/t16-,19-/m0/s1. The molecule has 2 heterocycles. The molecule has 6 nitrogen and oxygen atoms in total. The Morgan fingerprint density at radius 3 is 2.79 bits per heavy atom. The van der Waals surface area contributed by atoms with E-state index >= 15 is 0 Å². The topological polar surface area (TPSA) is 67.9 Å². The lowest BCUT2D eigenvalue weighted by Gasteiger charge is -2.50. The van der Waals surface area contributed by atoms with Crippen LogP contribution in [0, 0.1) is 0 Å². The average molecular weight is 386 g/mol. The molecule has 1 aliphatic carbocycles. The van der Waals surface area contributed by atoms with E-state index in [0.717, 1.165) is 50.7 Å². The minimum absolute atomic E-state index is 0.00348. The van der Waals surface area contributed by atoms with E-state index in [9.17, 15) is 9.59 Å². The zero-order valence-electron chi connectivity index (χ0n) is 16.6. The number of rotatable bonds is 6. The van der Waals surface area contributed by atoms with Crippen LogP contribution in [0.2, 0.25) is 0 Å². The largest absolute Gasteiger partial charge is 0.383 e. The van der Waals surface area contributed by atoms with Crippen molar-refractivity contribution in [3.63, 3.8) is 0 Å². The fraction of sp³-hybridized carbons (Fsp3) is 0.636. The quantitative estimate of drug-likeness (QED) is 0.763. The molecule has 1 saturated heterocycles. The third-order valence-electron chi connectivity index (χ3n) is 6.57. The molecule has 28 heavy (non-hydrogen) atoms. The first-order chi connectivity index (χ1) is 13.7. The van der Waals surface area contributed by atoms with Crippen molar-refractivity contribution in [1.29, 1.82) is 0 Å². The molecule has 2 fully saturated rings. The smallest absolute Gasteiger partial charge is 0.254 e. The molecular formula is C22H30N2O4. The van der Waals surface area contributed by atoms with E-state index < -0.39 is 5.54 Å². The number of hydrogen-bond acceptors (Lipinski definition) is 4. The molecule has 1 spiro atoms. The maximum atomic E-state index is 13.5. The summed E-state index contributed by atoms with van der Waals surface area (Å²) in [6.45, 7) is 2.29. The average Bonchev–Trinajstić information content (AvgIpc) is 3.38. The van der Waals surface area contributed by atoms with Crippen LogP contribution in [0.25, 0.3) is 0 Å². The molecule has 152 valence electrons. The first-order valence-corrected chi connectivity index (χ1v) is 10.5. The summed E-state index contributed by atoms with van der Waals surface area (Å²) in [5.74, 6) is -0.299. The summed E-state index contributed by atoms with van der Waals surface area (Å²) in [6, 6.07) is 7.63. The number of carbonyl (C=O) groups is 2. The van der Waals surface area contributed by atoms with Crippen molar-refractivity contribution >= 4 is 11.8 Å². The fourth-order valence-electron chi connectivity index (χ4n) is 5.30. The minimum atomic E-state index is -0.450. The Balaban J connectivity index is 1.73. The van der Waals surface area contributed by atoms with E-state index in [4.69, 9.17) is 9.47 Å². The third kappa shape index (κ3) is 3.33. The SMILES string of the molecule is COCCNC(=O)[C@@H]1c2ccccc2C(=O)N(C[C@@H]2CCCO2)C12CCCC2. The summed E-state index contributed by atoms with van der Waals surface area (Å²) >= 11 is 0. The summed E-state index contributed by atoms with van der Waals surface area (Å²) in [5, 5.41) is 3.04. The number of methoxy groups -OCH3 is 1. The van der Waals surface area contributed by atoms with E-state index in [2.05, 4.69) is 5.32 Å². The van der Waals surface area contributed by atoms with Gasteiger partial charge < -0.3 is 19.7 Å². The monoisotopic (exact) mass is 386 g/mol. The normalized spacial score (nSPS) is 25.9. The molecule has 0 unspecified atom stereocenters. The Hall–Kier alpha value is -1.92. The van der Waals surface area contributed by atoms with Crippen LogP contribution in [0.4, 0.5) is 0 Å². The molecule has 2 amide bonds. The summed E-state index contributed by atoms with van der Waals surface area (Å²) in [6.07, 6.45) is 5.90. The zero-order valence-corrected chi connectivity index (χ0v) is 16.6. The van der Waals surface area contributed by atoms with E-state index in [-0.39, 0.29) is 23.8 Å². The van der Waals surface area contributed by atoms with Gasteiger partial charge in [-0.15, -0.1) is 0 Å². The molecule has 1 aromatic rings. The van der Waals surface area contributed by atoms with E-state index in [0.29, 0.717) is 25.3 Å². The zero-order chi connectivity index (χ0) is 19.6. The van der Waals surface area contributed by atoms with Crippen LogP contribution < -0.4 is 5.32 Å². The molecule has 1 saturated carbocycles. The predicted octanol–water partition coefficient (Wildman–Crippen LogP) is 2.48. The highest BCUT2D eigenvalue weighted by Crippen LogP contribution is 2.50. The lowest BCUT2D eigenvalue weighted by molar-refractivity contribution is -0.127. The number of nitrogens with one attached hydrogen (secondary N) is 1. The molecule has 3 aliphatic rings. The molecule has 2 atom stereocenters. The highest BCUT2D eigenvalue weighted by molar-refractivity contribution is 6.02. The molecule has 0 bridgehead atoms. The predicted molar refractivity (Wildman–Crippen MR) is 105 cm³/mol. The van der Waals surface area contributed by atoms with Crippen LogP contribution >= 0.6 is 0 Å². The fourth-order valence-corrected chi connectivity index (χ4v) is 5.30. The van der Waals surface area contributed by atoms with Gasteiger partial charge in [-0.3, -0.25) is 9.59 Å². The van der Waals surface area contributed by atoms with Crippen LogP contribution in [-0.4, -0.2) is 61.8 Å². The molecule has 0 aromatic heterocycles. The van der Waals surface area contributed by atoms with Gasteiger partial charge in [-0.1, -0.05) is 31.0 Å². The first-order valence-electron chi connectivity index (χ1n) is 10.5. The Morgan fingerprint density at radius 1 is 1.29 bits per heavy atom. The van der Waals surface area contributed by atoms with Gasteiger partial charge in [0.1, 0.15) is 0 Å². The van der Waals surface area contributed by atoms with Crippen LogP contribution in [0.15, 0.2) is 24.3 Å². The van der Waals surface area contributed by atoms with Gasteiger partial charge in [0, 0.05) is 32.4 Å². The van der Waals surface area contributed by atoms with Crippen LogP contribution in [-0.2, 0) is 14.3 Å². The molecular weight excluding hydrogens is 356 g/mol. The summed E-state index contributed by atoms with van der Waals surface area (Å²) in [4.78, 5) is 28.9. The summed E-state index contributed by atoms with van der Waals surface area (Å²) in [5.41, 5.74) is 1.08. The maximum absolute atomic E-state index is 13.5.